The smallest absolute Gasteiger partial charge is 0.0612 e. The highest BCUT2D eigenvalue weighted by molar-refractivity contribution is 5.23. The molecule has 1 aliphatic rings. The van der Waals surface area contributed by atoms with Crippen LogP contribution in [0.3, 0.4) is 0 Å². The van der Waals surface area contributed by atoms with Gasteiger partial charge in [-0.3, -0.25) is 0 Å². The molecule has 3 nitrogen and oxygen atoms in total. The van der Waals surface area contributed by atoms with Gasteiger partial charge in [-0.1, -0.05) is 44.2 Å². The fraction of sp³-hybridized carbons (Fsp3) is 0.625. The van der Waals surface area contributed by atoms with Crippen LogP contribution in [0.4, 0.5) is 0 Å². The van der Waals surface area contributed by atoms with E-state index in [1.165, 1.54) is 0 Å². The number of hydrogen-bond acceptors (Lipinski definition) is 3. The first-order chi connectivity index (χ1) is 9.27. The van der Waals surface area contributed by atoms with Crippen molar-refractivity contribution >= 4 is 0 Å². The molecule has 0 bridgehead atoms. The molecular weight excluding hydrogens is 240 g/mol. The summed E-state index contributed by atoms with van der Waals surface area (Å²) in [6, 6.07) is 9.79. The second-order valence-corrected chi connectivity index (χ2v) is 4.87. The van der Waals surface area contributed by atoms with Gasteiger partial charge in [-0.2, -0.15) is 0 Å². The molecule has 1 saturated carbocycles. The van der Waals surface area contributed by atoms with E-state index in [1.807, 2.05) is 44.2 Å². The molecule has 1 aliphatic carbocycles. The lowest BCUT2D eigenvalue weighted by Gasteiger charge is -2.40. The number of hydrogen-bond donors (Lipinski definition) is 3. The van der Waals surface area contributed by atoms with E-state index >= 15 is 0 Å². The van der Waals surface area contributed by atoms with Crippen LogP contribution in [-0.4, -0.2) is 34.6 Å². The summed E-state index contributed by atoms with van der Waals surface area (Å²) in [5, 5.41) is 29.0. The van der Waals surface area contributed by atoms with E-state index in [4.69, 9.17) is 0 Å². The molecule has 4 atom stereocenters. The molecule has 3 heteroatoms. The van der Waals surface area contributed by atoms with Crippen LogP contribution >= 0.6 is 0 Å². The largest absolute Gasteiger partial charge is 0.396 e. The standard InChI is InChI=1S/C14H20O3.C2H6/c15-8-11-6-7-13(17)14(12(11)9-16)10-4-2-1-3-5-10;1-2/h1-5,11-17H,6-9H2;1-2H3/t11-,12-,13+,14+;/m1./s1. The average molecular weight is 266 g/mol. The summed E-state index contributed by atoms with van der Waals surface area (Å²) in [6.45, 7) is 4.10. The SMILES string of the molecule is CC.OC[C@H]1CC[C@H](O)[C@@H](c2ccccc2)[C@@H]1CO. The zero-order chi connectivity index (χ0) is 14.3. The lowest BCUT2D eigenvalue weighted by Crippen LogP contribution is -2.39. The summed E-state index contributed by atoms with van der Waals surface area (Å²) in [5.41, 5.74) is 1.05. The lowest BCUT2D eigenvalue weighted by molar-refractivity contribution is -0.00265. The van der Waals surface area contributed by atoms with Crippen molar-refractivity contribution in [2.75, 3.05) is 13.2 Å². The Balaban J connectivity index is 0.000000861. The Kier molecular flexibility index (Phi) is 7.06. The van der Waals surface area contributed by atoms with Crippen molar-refractivity contribution in [3.05, 3.63) is 35.9 Å². The zero-order valence-electron chi connectivity index (χ0n) is 11.9. The summed E-state index contributed by atoms with van der Waals surface area (Å²) in [6.07, 6.45) is 1.06. The van der Waals surface area contributed by atoms with Crippen molar-refractivity contribution in [2.45, 2.75) is 38.7 Å². The van der Waals surface area contributed by atoms with Gasteiger partial charge in [-0.15, -0.1) is 0 Å². The number of benzene rings is 1. The van der Waals surface area contributed by atoms with Gasteiger partial charge in [0.1, 0.15) is 0 Å². The Morgan fingerprint density at radius 2 is 1.63 bits per heavy atom. The summed E-state index contributed by atoms with van der Waals surface area (Å²) in [5.74, 6) is -0.0214. The third-order valence-corrected chi connectivity index (χ3v) is 3.94. The van der Waals surface area contributed by atoms with Gasteiger partial charge in [0.2, 0.25) is 0 Å². The maximum atomic E-state index is 10.1. The fourth-order valence-electron chi connectivity index (χ4n) is 2.99. The molecule has 3 N–H and O–H groups in total. The molecule has 1 aromatic carbocycles. The van der Waals surface area contributed by atoms with Gasteiger partial charge in [0.05, 0.1) is 6.10 Å². The molecule has 0 aromatic heterocycles. The maximum Gasteiger partial charge on any atom is 0.0612 e. The summed E-state index contributed by atoms with van der Waals surface area (Å²) in [7, 11) is 0. The Morgan fingerprint density at radius 3 is 2.16 bits per heavy atom. The van der Waals surface area contributed by atoms with Crippen LogP contribution in [0, 0.1) is 11.8 Å². The quantitative estimate of drug-likeness (QED) is 0.786. The third-order valence-electron chi connectivity index (χ3n) is 3.94. The monoisotopic (exact) mass is 266 g/mol. The molecule has 0 saturated heterocycles. The number of rotatable bonds is 3. The normalized spacial score (nSPS) is 30.4. The van der Waals surface area contributed by atoms with E-state index in [9.17, 15) is 15.3 Å². The van der Waals surface area contributed by atoms with Crippen molar-refractivity contribution in [2.24, 2.45) is 11.8 Å². The van der Waals surface area contributed by atoms with Gasteiger partial charge in [0.25, 0.3) is 0 Å². The first-order valence-electron chi connectivity index (χ1n) is 7.22. The first kappa shape index (κ1) is 16.2. The van der Waals surface area contributed by atoms with Gasteiger partial charge in [-0.05, 0) is 30.2 Å². The molecule has 0 spiro atoms. The molecule has 1 fully saturated rings. The Hall–Kier alpha value is -0.900. The second kappa shape index (κ2) is 8.31. The number of aliphatic hydroxyl groups excluding tert-OH is 3. The molecule has 0 radical (unpaired) electrons. The summed E-state index contributed by atoms with van der Waals surface area (Å²) < 4.78 is 0. The van der Waals surface area contributed by atoms with Crippen LogP contribution in [-0.2, 0) is 0 Å². The van der Waals surface area contributed by atoms with Crippen LogP contribution in [0.1, 0.15) is 38.2 Å². The topological polar surface area (TPSA) is 60.7 Å². The van der Waals surface area contributed by atoms with E-state index in [-0.39, 0.29) is 31.0 Å². The van der Waals surface area contributed by atoms with Gasteiger partial charge in [0, 0.05) is 19.1 Å². The van der Waals surface area contributed by atoms with Crippen LogP contribution in [0.15, 0.2) is 30.3 Å². The summed E-state index contributed by atoms with van der Waals surface area (Å²) >= 11 is 0. The Morgan fingerprint density at radius 1 is 1.00 bits per heavy atom. The highest BCUT2D eigenvalue weighted by atomic mass is 16.3. The minimum absolute atomic E-state index is 0.0157. The van der Waals surface area contributed by atoms with Gasteiger partial charge in [0.15, 0.2) is 0 Å². The Labute approximate surface area is 115 Å². The van der Waals surface area contributed by atoms with Crippen LogP contribution in [0.5, 0.6) is 0 Å². The number of aliphatic hydroxyl groups is 3. The van der Waals surface area contributed by atoms with Crippen molar-refractivity contribution < 1.29 is 15.3 Å². The van der Waals surface area contributed by atoms with Gasteiger partial charge in [-0.25, -0.2) is 0 Å². The molecule has 0 amide bonds. The third kappa shape index (κ3) is 3.78. The minimum Gasteiger partial charge on any atom is -0.396 e. The second-order valence-electron chi connectivity index (χ2n) is 4.87. The molecule has 0 unspecified atom stereocenters. The van der Waals surface area contributed by atoms with Gasteiger partial charge < -0.3 is 15.3 Å². The van der Waals surface area contributed by atoms with Crippen molar-refractivity contribution in [1.29, 1.82) is 0 Å². The van der Waals surface area contributed by atoms with Crippen molar-refractivity contribution in [3.8, 4) is 0 Å². The van der Waals surface area contributed by atoms with Crippen LogP contribution in [0.25, 0.3) is 0 Å². The molecule has 108 valence electrons. The van der Waals surface area contributed by atoms with Crippen molar-refractivity contribution in [3.63, 3.8) is 0 Å². The van der Waals surface area contributed by atoms with E-state index in [1.54, 1.807) is 0 Å². The predicted molar refractivity (Wildman–Crippen MR) is 76.9 cm³/mol. The van der Waals surface area contributed by atoms with Crippen LogP contribution < -0.4 is 0 Å². The minimum atomic E-state index is -0.419. The van der Waals surface area contributed by atoms with Crippen molar-refractivity contribution in [1.82, 2.24) is 0 Å². The van der Waals surface area contributed by atoms with E-state index in [2.05, 4.69) is 0 Å². The highest BCUT2D eigenvalue weighted by Gasteiger charge is 2.38. The zero-order valence-corrected chi connectivity index (χ0v) is 11.9. The molecule has 1 aromatic rings. The lowest BCUT2D eigenvalue weighted by atomic mass is 9.68. The molecule has 0 aliphatic heterocycles. The molecule has 0 heterocycles. The molecular formula is C16H26O3. The summed E-state index contributed by atoms with van der Waals surface area (Å²) in [4.78, 5) is 0. The van der Waals surface area contributed by atoms with Gasteiger partial charge >= 0.3 is 0 Å². The fourth-order valence-corrected chi connectivity index (χ4v) is 2.99. The Bertz CT molecular complexity index is 339. The van der Waals surface area contributed by atoms with E-state index in [0.717, 1.165) is 12.0 Å². The average Bonchev–Trinajstić information content (AvgIpc) is 2.49. The highest BCUT2D eigenvalue weighted by Crippen LogP contribution is 2.41. The predicted octanol–water partition coefficient (Wildman–Crippen LogP) is 2.17. The van der Waals surface area contributed by atoms with E-state index < -0.39 is 6.10 Å². The molecule has 2 rings (SSSR count). The van der Waals surface area contributed by atoms with Crippen LogP contribution in [0.2, 0.25) is 0 Å². The maximum absolute atomic E-state index is 10.1. The van der Waals surface area contributed by atoms with E-state index in [0.29, 0.717) is 6.42 Å². The molecule has 19 heavy (non-hydrogen) atoms. The first-order valence-corrected chi connectivity index (χ1v) is 7.22.